The van der Waals surface area contributed by atoms with Crippen molar-refractivity contribution < 1.29 is 40.6 Å². The normalized spacial score (nSPS) is 16.4. The average Bonchev–Trinajstić information content (AvgIpc) is 1.52. The highest BCUT2D eigenvalue weighted by atomic mass is 19.1. The third kappa shape index (κ3) is 15.8. The summed E-state index contributed by atoms with van der Waals surface area (Å²) in [6, 6.07) is 41.5. The Hall–Kier alpha value is -14.4. The highest BCUT2D eigenvalue weighted by Crippen LogP contribution is 2.44. The molecule has 3 saturated heterocycles. The van der Waals surface area contributed by atoms with Crippen LogP contribution in [0.3, 0.4) is 0 Å². The Kier molecular flexibility index (Phi) is 21.7. The molecule has 0 amide bonds. The van der Waals surface area contributed by atoms with Gasteiger partial charge in [-0.25, -0.2) is 76.2 Å². The number of nitrogens with zero attached hydrogens (tertiary/aromatic N) is 21. The summed E-state index contributed by atoms with van der Waals surface area (Å²) in [7, 11) is 0. The summed E-state index contributed by atoms with van der Waals surface area (Å²) in [5.74, 6) is 2.42. The number of benzene rings is 6. The van der Waals surface area contributed by atoms with E-state index in [0.29, 0.717) is 87.6 Å². The summed E-state index contributed by atoms with van der Waals surface area (Å²) in [5.41, 5.74) is 11.0. The van der Waals surface area contributed by atoms with Gasteiger partial charge < -0.3 is 73.3 Å². The van der Waals surface area contributed by atoms with Gasteiger partial charge in [0.2, 0.25) is 17.8 Å². The Morgan fingerprint density at radius 1 is 0.349 bits per heavy atom. The second-order valence-corrected chi connectivity index (χ2v) is 32.9. The van der Waals surface area contributed by atoms with Gasteiger partial charge in [-0.1, -0.05) is 6.07 Å². The molecule has 3 N–H and O–H groups in total. The quantitative estimate of drug-likeness (QED) is 0.0807. The van der Waals surface area contributed by atoms with Crippen LogP contribution in [0.2, 0.25) is 0 Å². The van der Waals surface area contributed by atoms with E-state index in [1.165, 1.54) is 18.2 Å². The van der Waals surface area contributed by atoms with E-state index in [1.807, 2.05) is 192 Å². The lowest BCUT2D eigenvalue weighted by atomic mass is 10.1. The van der Waals surface area contributed by atoms with Gasteiger partial charge in [0.25, 0.3) is 0 Å². The molecular weight excluding hydrogens is 1620 g/mol. The van der Waals surface area contributed by atoms with Crippen LogP contribution in [0.25, 0.3) is 66.9 Å². The summed E-state index contributed by atoms with van der Waals surface area (Å²) < 4.78 is 114. The van der Waals surface area contributed by atoms with Crippen LogP contribution in [-0.2, 0) is 0 Å². The van der Waals surface area contributed by atoms with Crippen molar-refractivity contribution in [3.8, 4) is 51.0 Å². The lowest BCUT2D eigenvalue weighted by molar-refractivity contribution is 0.254. The fourth-order valence-electron chi connectivity index (χ4n) is 18.1. The Morgan fingerprint density at radius 2 is 0.730 bits per heavy atom. The highest BCUT2D eigenvalue weighted by molar-refractivity contribution is 5.86. The second kappa shape index (κ2) is 33.7. The molecule has 0 aliphatic carbocycles. The SMILES string of the molecule is Cc1nc2c(F)cc(-c3nc(Nc4ccc5c(c4)OCC4CN(c6ccccn6)CCN54)ncc3F)cc2n1C(C)C.Cc1nc2c(F)cc(-c3nc(Nc4ccc5c(c4)OCC4CN(c6cccnc6)CCN54)ncc3F)cc2n1C(C)C.Cc1nc2c(F)cc(-c3nc(Nc4ccc5c(c4)OCC4CN(c6ccncc6)CCN54)ncc3F)cc2n1C(C)C. The Balaban J connectivity index is 0.000000123. The van der Waals surface area contributed by atoms with Gasteiger partial charge >= 0.3 is 0 Å². The maximum absolute atomic E-state index is 15.1. The van der Waals surface area contributed by atoms with Gasteiger partial charge in [0.05, 0.1) is 82.2 Å². The number of aromatic nitrogens is 15. The first-order chi connectivity index (χ1) is 61.1. The van der Waals surface area contributed by atoms with Gasteiger partial charge in [0, 0.05) is 159 Å². The molecule has 15 aromatic rings. The molecule has 0 saturated carbocycles. The fourth-order valence-corrected chi connectivity index (χ4v) is 18.1. The molecule has 21 rings (SSSR count). The lowest BCUT2D eigenvalue weighted by Crippen LogP contribution is -2.57. The molecule has 33 heteroatoms. The van der Waals surface area contributed by atoms with E-state index in [9.17, 15) is 13.2 Å². The molecule has 15 heterocycles. The predicted molar refractivity (Wildman–Crippen MR) is 476 cm³/mol. The Labute approximate surface area is 721 Å². The van der Waals surface area contributed by atoms with Crippen molar-refractivity contribution in [3.05, 3.63) is 235 Å². The number of aryl methyl sites for hydroxylation is 3. The molecule has 126 heavy (non-hydrogen) atoms. The van der Waals surface area contributed by atoms with Crippen LogP contribution in [-0.4, -0.2) is 170 Å². The molecule has 0 radical (unpaired) electrons. The van der Waals surface area contributed by atoms with Crippen LogP contribution in [0, 0.1) is 55.7 Å². The van der Waals surface area contributed by atoms with E-state index in [1.54, 1.807) is 24.4 Å². The molecule has 6 aromatic carbocycles. The third-order valence-corrected chi connectivity index (χ3v) is 23.7. The zero-order chi connectivity index (χ0) is 86.9. The minimum absolute atomic E-state index is 0.00490. The smallest absolute Gasteiger partial charge is 0.227 e. The van der Waals surface area contributed by atoms with Crippen LogP contribution in [0.1, 0.15) is 77.1 Å². The van der Waals surface area contributed by atoms with Gasteiger partial charge in [-0.05, 0) is 172 Å². The van der Waals surface area contributed by atoms with Crippen molar-refractivity contribution in [2.75, 3.05) is 124 Å². The molecule has 3 fully saturated rings. The number of ether oxygens (including phenoxy) is 3. The number of fused-ring (bicyclic) bond motifs is 12. The van der Waals surface area contributed by atoms with Crippen LogP contribution >= 0.6 is 0 Å². The first kappa shape index (κ1) is 81.3. The number of hydrogen-bond donors (Lipinski definition) is 3. The van der Waals surface area contributed by atoms with E-state index >= 15 is 13.2 Å². The first-order valence-corrected chi connectivity index (χ1v) is 42.1. The number of pyridine rings is 3. The zero-order valence-electron chi connectivity index (χ0n) is 70.7. The highest BCUT2D eigenvalue weighted by Gasteiger charge is 2.38. The van der Waals surface area contributed by atoms with Crippen LogP contribution in [0.5, 0.6) is 17.2 Å². The molecule has 0 bridgehead atoms. The molecular formula is C93H90F6N24O3. The molecule has 6 aliphatic heterocycles. The van der Waals surface area contributed by atoms with Crippen molar-refractivity contribution in [2.45, 2.75) is 98.6 Å². The van der Waals surface area contributed by atoms with Crippen molar-refractivity contribution in [1.82, 2.24) is 73.5 Å². The maximum Gasteiger partial charge on any atom is 0.227 e. The van der Waals surface area contributed by atoms with E-state index in [-0.39, 0.29) is 87.7 Å². The van der Waals surface area contributed by atoms with Crippen molar-refractivity contribution in [1.29, 1.82) is 0 Å². The zero-order valence-corrected chi connectivity index (χ0v) is 70.7. The molecule has 27 nitrogen and oxygen atoms in total. The van der Waals surface area contributed by atoms with E-state index in [0.717, 1.165) is 129 Å². The van der Waals surface area contributed by atoms with E-state index in [2.05, 4.69) is 111 Å². The number of hydrogen-bond acceptors (Lipinski definition) is 24. The lowest BCUT2D eigenvalue weighted by Gasteiger charge is -2.46. The molecule has 642 valence electrons. The Morgan fingerprint density at radius 3 is 1.10 bits per heavy atom. The van der Waals surface area contributed by atoms with Crippen LogP contribution in [0.4, 0.5) is 95.5 Å². The molecule has 3 unspecified atom stereocenters. The fraction of sp³-hybridized carbons (Fsp3) is 0.290. The number of nitrogens with one attached hydrogen (secondary N) is 3. The first-order valence-electron chi connectivity index (χ1n) is 42.1. The minimum atomic E-state index is -0.642. The van der Waals surface area contributed by atoms with E-state index in [4.69, 9.17) is 14.2 Å². The summed E-state index contributed by atoms with van der Waals surface area (Å²) in [6.45, 7) is 26.9. The van der Waals surface area contributed by atoms with Crippen LogP contribution in [0.15, 0.2) is 183 Å². The number of rotatable bonds is 15. The summed E-state index contributed by atoms with van der Waals surface area (Å²) >= 11 is 0. The van der Waals surface area contributed by atoms with Gasteiger partial charge in [0.1, 0.15) is 94.0 Å². The number of piperazine rings is 3. The second-order valence-electron chi connectivity index (χ2n) is 32.9. The van der Waals surface area contributed by atoms with E-state index < -0.39 is 34.9 Å². The monoisotopic (exact) mass is 1700 g/mol. The number of halogens is 6. The minimum Gasteiger partial charge on any atom is -0.489 e. The summed E-state index contributed by atoms with van der Waals surface area (Å²) in [6.07, 6.45) is 12.4. The van der Waals surface area contributed by atoms with Crippen molar-refractivity contribution in [2.24, 2.45) is 0 Å². The van der Waals surface area contributed by atoms with Gasteiger partial charge in [-0.2, -0.15) is 0 Å². The number of imidazole rings is 3. The predicted octanol–water partition coefficient (Wildman–Crippen LogP) is 17.7. The van der Waals surface area contributed by atoms with Gasteiger partial charge in [0.15, 0.2) is 34.9 Å². The van der Waals surface area contributed by atoms with Gasteiger partial charge in [-0.3, -0.25) is 9.97 Å². The Bertz CT molecular complexity index is 6000. The number of anilines is 12. The molecule has 0 spiro atoms. The van der Waals surface area contributed by atoms with Crippen molar-refractivity contribution in [3.63, 3.8) is 0 Å². The molecule has 6 aliphatic rings. The standard InChI is InChI=1S/3C31H30F2N8O/c1-18(2)41-19(3)36-30-24(32)12-20(13-27(30)41)29-25(33)15-35-31(38-29)37-21-4-5-26-28(14-21)42-17-23-16-39(10-11-40(23)26)22-6-8-34-9-7-22;1-18(2)41-19(3)36-30-24(32)11-20(12-27(30)41)29-25(33)15-35-31(38-29)37-21-6-7-26-28(13-21)42-17-23-16-39(9-10-40(23)26)22-5-4-8-34-14-22;1-18(2)41-19(3)36-30-23(32)12-20(13-26(30)41)29-24(33)15-35-31(38-29)37-21-7-8-25-27(14-21)42-17-22-16-39(10-11-40(22)25)28-6-4-5-9-34-28/h4-9,12-15,18,23H,10-11,16-17H2,1-3H3,(H,35,37,38);4-8,11-15,18,23H,9-10,16-17H2,1-3H3,(H,35,37,38);4-9,12-15,18,22H,10-11,16-17H2,1-3H3,(H,35,37,38). The molecule has 9 aromatic heterocycles. The third-order valence-electron chi connectivity index (χ3n) is 23.7. The molecule has 3 atom stereocenters. The van der Waals surface area contributed by atoms with Crippen LogP contribution < -0.4 is 59.6 Å². The topological polar surface area (TPSA) is 253 Å². The average molecular weight is 1710 g/mol. The summed E-state index contributed by atoms with van der Waals surface area (Å²) in [4.78, 5) is 65.8. The van der Waals surface area contributed by atoms with Crippen molar-refractivity contribution >= 4 is 102 Å². The largest absolute Gasteiger partial charge is 0.489 e. The van der Waals surface area contributed by atoms with Gasteiger partial charge in [-0.15, -0.1) is 0 Å². The maximum atomic E-state index is 15.1. The summed E-state index contributed by atoms with van der Waals surface area (Å²) in [5, 5.41) is 9.49.